The highest BCUT2D eigenvalue weighted by Crippen LogP contribution is 2.33. The maximum Gasteiger partial charge on any atom is 0.170 e. The molecule has 2 aromatic carbocycles. The van der Waals surface area contributed by atoms with Gasteiger partial charge in [-0.2, -0.15) is 0 Å². The van der Waals surface area contributed by atoms with E-state index in [-0.39, 0.29) is 5.75 Å². The average molecular weight is 517 g/mol. The van der Waals surface area contributed by atoms with Crippen LogP contribution in [-0.4, -0.2) is 41.9 Å². The van der Waals surface area contributed by atoms with E-state index in [1.807, 2.05) is 6.07 Å². The number of phenolic OH excluding ortho intramolecular Hbond substituents is 1. The molecule has 1 aliphatic heterocycles. The lowest BCUT2D eigenvalue weighted by molar-refractivity contribution is 0.476. The highest BCUT2D eigenvalue weighted by atomic mass is 32.2. The molecule has 2 N–H and O–H groups in total. The number of rotatable bonds is 6. The smallest absolute Gasteiger partial charge is 0.170 e. The van der Waals surface area contributed by atoms with Crippen LogP contribution in [-0.2, 0) is 13.0 Å². The van der Waals surface area contributed by atoms with Crippen molar-refractivity contribution in [1.29, 1.82) is 0 Å². The molecule has 186 valence electrons. The van der Waals surface area contributed by atoms with Crippen molar-refractivity contribution in [2.24, 2.45) is 0 Å². The normalized spacial score (nSPS) is 13.0. The number of aryl methyl sites for hydroxylation is 1. The number of anilines is 1. The molecule has 3 aromatic heterocycles. The Morgan fingerprint density at radius 2 is 1.89 bits per heavy atom. The van der Waals surface area contributed by atoms with Crippen LogP contribution in [0.15, 0.2) is 66.1 Å². The molecule has 4 heterocycles. The number of benzene rings is 2. The fourth-order valence-electron chi connectivity index (χ4n) is 4.42. The van der Waals surface area contributed by atoms with Crippen LogP contribution >= 0.6 is 11.8 Å². The number of pyridine rings is 1. The molecule has 7 nitrogen and oxygen atoms in total. The zero-order chi connectivity index (χ0) is 25.4. The Hall–Kier alpha value is -4.05. The molecule has 0 atom stereocenters. The van der Waals surface area contributed by atoms with Gasteiger partial charge in [0.2, 0.25) is 0 Å². The minimum atomic E-state index is -0.459. The van der Waals surface area contributed by atoms with Gasteiger partial charge in [-0.05, 0) is 42.7 Å². The Balaban J connectivity index is 1.31. The molecule has 6 rings (SSSR count). The third-order valence-corrected chi connectivity index (χ3v) is 7.27. The van der Waals surface area contributed by atoms with Crippen LogP contribution < -0.4 is 5.32 Å². The maximum atomic E-state index is 14.3. The van der Waals surface area contributed by atoms with Crippen molar-refractivity contribution in [3.05, 3.63) is 78.1 Å². The van der Waals surface area contributed by atoms with E-state index in [1.54, 1.807) is 42.1 Å². The number of aromatic hydroxyl groups is 1. The van der Waals surface area contributed by atoms with Crippen LogP contribution in [0.25, 0.3) is 33.7 Å². The number of aromatic nitrogens is 5. The number of hydrogen-bond acceptors (Lipinski definition) is 7. The first-order valence-corrected chi connectivity index (χ1v) is 12.9. The van der Waals surface area contributed by atoms with Crippen LogP contribution in [0.3, 0.4) is 0 Å². The fraction of sp³-hybridized carbons (Fsp3) is 0.185. The van der Waals surface area contributed by atoms with Crippen LogP contribution in [0.4, 0.5) is 14.6 Å². The summed E-state index contributed by atoms with van der Waals surface area (Å²) in [4.78, 5) is 18.1. The van der Waals surface area contributed by atoms with E-state index in [0.717, 1.165) is 35.6 Å². The van der Waals surface area contributed by atoms with E-state index in [0.29, 0.717) is 52.5 Å². The van der Waals surface area contributed by atoms with Gasteiger partial charge in [0.25, 0.3) is 0 Å². The van der Waals surface area contributed by atoms with Gasteiger partial charge >= 0.3 is 0 Å². The first-order valence-electron chi connectivity index (χ1n) is 11.9. The standard InChI is InChI=1S/C27H22F2N6OS/c28-18-13-17(14-30-15-18)24-33-25(23-26(34-24)35-10-3-11-37-27(35)32-23)31-9-8-16-6-7-22(36)20(12-16)19-4-1-2-5-21(19)29/h1-2,4-7,12-15,36H,3,8-11H2,(H,31,33,34). The third kappa shape index (κ3) is 4.60. The zero-order valence-corrected chi connectivity index (χ0v) is 20.5. The lowest BCUT2D eigenvalue weighted by atomic mass is 10.00. The molecule has 0 aliphatic carbocycles. The van der Waals surface area contributed by atoms with E-state index in [2.05, 4.69) is 19.9 Å². The number of nitrogens with zero attached hydrogens (tertiary/aromatic N) is 5. The molecule has 0 spiro atoms. The van der Waals surface area contributed by atoms with Crippen LogP contribution in [0.2, 0.25) is 0 Å². The average Bonchev–Trinajstić information content (AvgIpc) is 3.29. The summed E-state index contributed by atoms with van der Waals surface area (Å²) in [5.41, 5.74) is 3.56. The summed E-state index contributed by atoms with van der Waals surface area (Å²) in [6.45, 7) is 1.31. The molecule has 5 aromatic rings. The lowest BCUT2D eigenvalue weighted by Gasteiger charge is -2.13. The molecule has 0 saturated heterocycles. The number of thioether (sulfide) groups is 1. The predicted molar refractivity (Wildman–Crippen MR) is 140 cm³/mol. The first kappa shape index (κ1) is 23.4. The number of fused-ring (bicyclic) bond motifs is 3. The zero-order valence-electron chi connectivity index (χ0n) is 19.7. The van der Waals surface area contributed by atoms with Crippen LogP contribution in [0, 0.1) is 11.6 Å². The van der Waals surface area contributed by atoms with Gasteiger partial charge in [0, 0.05) is 41.7 Å². The third-order valence-electron chi connectivity index (χ3n) is 6.21. The number of phenols is 1. The minimum Gasteiger partial charge on any atom is -0.507 e. The van der Waals surface area contributed by atoms with Crippen molar-refractivity contribution in [2.45, 2.75) is 24.5 Å². The van der Waals surface area contributed by atoms with E-state index in [9.17, 15) is 13.9 Å². The molecule has 0 amide bonds. The SMILES string of the molecule is Oc1ccc(CCNc2nc(-c3cncc(F)c3)nc3c2nc2n3CCCS2)cc1-c1ccccc1F. The summed E-state index contributed by atoms with van der Waals surface area (Å²) >= 11 is 1.68. The summed E-state index contributed by atoms with van der Waals surface area (Å²) in [7, 11) is 0. The summed E-state index contributed by atoms with van der Waals surface area (Å²) in [6.07, 6.45) is 4.28. The Kier molecular flexibility index (Phi) is 6.17. The Labute approximate surface area is 215 Å². The van der Waals surface area contributed by atoms with Crippen molar-refractivity contribution in [1.82, 2.24) is 24.5 Å². The molecule has 10 heteroatoms. The van der Waals surface area contributed by atoms with Gasteiger partial charge < -0.3 is 15.0 Å². The maximum absolute atomic E-state index is 14.3. The van der Waals surface area contributed by atoms with Gasteiger partial charge in [-0.1, -0.05) is 36.0 Å². The van der Waals surface area contributed by atoms with Crippen molar-refractivity contribution >= 4 is 28.7 Å². The molecular formula is C27H22F2N6OS. The number of halogens is 2. The van der Waals surface area contributed by atoms with Crippen LogP contribution in [0.5, 0.6) is 5.75 Å². The van der Waals surface area contributed by atoms with Gasteiger partial charge in [0.05, 0.1) is 6.20 Å². The number of nitrogens with one attached hydrogen (secondary N) is 1. The highest BCUT2D eigenvalue weighted by Gasteiger charge is 2.21. The van der Waals surface area contributed by atoms with Gasteiger partial charge in [-0.3, -0.25) is 4.98 Å². The second kappa shape index (κ2) is 9.78. The highest BCUT2D eigenvalue weighted by molar-refractivity contribution is 7.99. The molecule has 0 unspecified atom stereocenters. The molecule has 0 fully saturated rings. The molecule has 0 bridgehead atoms. The fourth-order valence-corrected chi connectivity index (χ4v) is 5.37. The largest absolute Gasteiger partial charge is 0.507 e. The quantitative estimate of drug-likeness (QED) is 0.300. The molecule has 37 heavy (non-hydrogen) atoms. The van der Waals surface area contributed by atoms with E-state index in [1.165, 1.54) is 18.3 Å². The molecule has 0 radical (unpaired) electrons. The Bertz CT molecular complexity index is 1620. The summed E-state index contributed by atoms with van der Waals surface area (Å²) in [6, 6.07) is 12.9. The van der Waals surface area contributed by atoms with Gasteiger partial charge in [0.1, 0.15) is 17.4 Å². The molecule has 0 saturated carbocycles. The Morgan fingerprint density at radius 3 is 2.76 bits per heavy atom. The van der Waals surface area contributed by atoms with Crippen LogP contribution in [0.1, 0.15) is 12.0 Å². The topological polar surface area (TPSA) is 88.8 Å². The van der Waals surface area contributed by atoms with Crippen molar-refractivity contribution < 1.29 is 13.9 Å². The lowest BCUT2D eigenvalue weighted by Crippen LogP contribution is -2.10. The van der Waals surface area contributed by atoms with Crippen molar-refractivity contribution in [3.8, 4) is 28.3 Å². The van der Waals surface area contributed by atoms with Gasteiger partial charge in [-0.25, -0.2) is 23.7 Å². The predicted octanol–water partition coefficient (Wildman–Crippen LogP) is 5.69. The van der Waals surface area contributed by atoms with E-state index in [4.69, 9.17) is 9.97 Å². The molecular weight excluding hydrogens is 494 g/mol. The first-order chi connectivity index (χ1) is 18.1. The van der Waals surface area contributed by atoms with Crippen molar-refractivity contribution in [2.75, 3.05) is 17.6 Å². The van der Waals surface area contributed by atoms with Gasteiger partial charge in [-0.15, -0.1) is 0 Å². The summed E-state index contributed by atoms with van der Waals surface area (Å²) < 4.78 is 30.3. The van der Waals surface area contributed by atoms with E-state index >= 15 is 0 Å². The van der Waals surface area contributed by atoms with E-state index < -0.39 is 11.6 Å². The second-order valence-electron chi connectivity index (χ2n) is 8.72. The molecule has 1 aliphatic rings. The van der Waals surface area contributed by atoms with Crippen molar-refractivity contribution in [3.63, 3.8) is 0 Å². The summed E-state index contributed by atoms with van der Waals surface area (Å²) in [5.74, 6) is 1.09. The number of hydrogen-bond donors (Lipinski definition) is 2. The minimum absolute atomic E-state index is 0.0220. The monoisotopic (exact) mass is 516 g/mol. The number of imidazole rings is 1. The summed E-state index contributed by atoms with van der Waals surface area (Å²) in [5, 5.41) is 14.6. The Morgan fingerprint density at radius 1 is 1.00 bits per heavy atom. The van der Waals surface area contributed by atoms with Gasteiger partial charge in [0.15, 0.2) is 28.0 Å². The second-order valence-corrected chi connectivity index (χ2v) is 9.78.